The first kappa shape index (κ1) is 10.4. The number of rotatable bonds is 3. The third kappa shape index (κ3) is 2.45. The summed E-state index contributed by atoms with van der Waals surface area (Å²) in [7, 11) is 1.90. The Balaban J connectivity index is 1.93. The summed E-state index contributed by atoms with van der Waals surface area (Å²) in [6, 6.07) is 4.78. The summed E-state index contributed by atoms with van der Waals surface area (Å²) in [5.41, 5.74) is 0. The Labute approximate surface area is 88.6 Å². The molecule has 1 aliphatic carbocycles. The van der Waals surface area contributed by atoms with E-state index in [-0.39, 0.29) is 6.10 Å². The number of hydrogen-bond donors (Lipinski definition) is 1. The zero-order valence-electron chi connectivity index (χ0n) is 8.73. The highest BCUT2D eigenvalue weighted by Crippen LogP contribution is 2.28. The van der Waals surface area contributed by atoms with Crippen molar-refractivity contribution in [3.05, 3.63) is 24.1 Å². The minimum absolute atomic E-state index is 0.135. The molecule has 1 aromatic rings. The fourth-order valence-electron chi connectivity index (χ4n) is 1.94. The van der Waals surface area contributed by atoms with Crippen molar-refractivity contribution in [3.8, 4) is 0 Å². The molecule has 0 unspecified atom stereocenters. The maximum Gasteiger partial charge on any atom is 0.214 e. The number of pyridine rings is 1. The van der Waals surface area contributed by atoms with Crippen LogP contribution in [0.3, 0.4) is 0 Å². The van der Waals surface area contributed by atoms with Crippen LogP contribution in [-0.4, -0.2) is 29.8 Å². The molecule has 0 radical (unpaired) electrons. The van der Waals surface area contributed by atoms with Crippen molar-refractivity contribution >= 4 is 5.82 Å². The molecule has 2 rings (SSSR count). The maximum atomic E-state index is 12.8. The molecule has 0 aliphatic heterocycles. The molecule has 82 valence electrons. The Morgan fingerprint density at radius 3 is 2.87 bits per heavy atom. The van der Waals surface area contributed by atoms with Gasteiger partial charge in [-0.3, -0.25) is 0 Å². The summed E-state index contributed by atoms with van der Waals surface area (Å²) in [4.78, 5) is 5.73. The molecule has 0 atom stereocenters. The van der Waals surface area contributed by atoms with E-state index in [0.29, 0.717) is 11.7 Å². The lowest BCUT2D eigenvalue weighted by Gasteiger charge is -2.34. The van der Waals surface area contributed by atoms with E-state index in [2.05, 4.69) is 4.98 Å². The van der Waals surface area contributed by atoms with Gasteiger partial charge in [-0.1, -0.05) is 6.07 Å². The van der Waals surface area contributed by atoms with Gasteiger partial charge in [0.05, 0.1) is 6.10 Å². The van der Waals surface area contributed by atoms with E-state index in [0.717, 1.165) is 19.4 Å². The molecule has 0 aromatic carbocycles. The van der Waals surface area contributed by atoms with Gasteiger partial charge in [0.25, 0.3) is 0 Å². The van der Waals surface area contributed by atoms with Gasteiger partial charge in [0.15, 0.2) is 0 Å². The zero-order chi connectivity index (χ0) is 10.8. The number of aliphatic hydroxyl groups excluding tert-OH is 1. The highest BCUT2D eigenvalue weighted by molar-refractivity contribution is 5.36. The first-order valence-electron chi connectivity index (χ1n) is 5.17. The molecule has 1 fully saturated rings. The second-order valence-corrected chi connectivity index (χ2v) is 4.19. The van der Waals surface area contributed by atoms with Crippen LogP contribution in [0.25, 0.3) is 0 Å². The number of hydrogen-bond acceptors (Lipinski definition) is 3. The lowest BCUT2D eigenvalue weighted by atomic mass is 9.82. The largest absolute Gasteiger partial charge is 0.393 e. The van der Waals surface area contributed by atoms with Crippen molar-refractivity contribution < 1.29 is 9.50 Å². The van der Waals surface area contributed by atoms with Gasteiger partial charge < -0.3 is 10.0 Å². The minimum Gasteiger partial charge on any atom is -0.393 e. The highest BCUT2D eigenvalue weighted by Gasteiger charge is 2.28. The molecule has 1 aromatic heterocycles. The molecule has 15 heavy (non-hydrogen) atoms. The average Bonchev–Trinajstić information content (AvgIpc) is 2.15. The Morgan fingerprint density at radius 2 is 2.27 bits per heavy atom. The standard InChI is InChI=1S/C11H15FN2O/c1-14(7-8-5-9(15)6-8)11-4-2-3-10(12)13-11/h2-4,8-9,15H,5-7H2,1H3. The van der Waals surface area contributed by atoms with Crippen LogP contribution in [0.1, 0.15) is 12.8 Å². The molecule has 0 amide bonds. The van der Waals surface area contributed by atoms with Crippen LogP contribution in [0.5, 0.6) is 0 Å². The number of nitrogens with zero attached hydrogens (tertiary/aromatic N) is 2. The molecular weight excluding hydrogens is 195 g/mol. The SMILES string of the molecule is CN(CC1CC(O)C1)c1cccc(F)n1. The van der Waals surface area contributed by atoms with E-state index in [1.54, 1.807) is 12.1 Å². The van der Waals surface area contributed by atoms with Gasteiger partial charge in [-0.05, 0) is 30.9 Å². The topological polar surface area (TPSA) is 36.4 Å². The van der Waals surface area contributed by atoms with Crippen molar-refractivity contribution in [2.24, 2.45) is 5.92 Å². The van der Waals surface area contributed by atoms with Crippen LogP contribution in [0.15, 0.2) is 18.2 Å². The maximum absolute atomic E-state index is 12.8. The predicted molar refractivity (Wildman–Crippen MR) is 56.2 cm³/mol. The number of aromatic nitrogens is 1. The average molecular weight is 210 g/mol. The normalized spacial score (nSPS) is 24.7. The van der Waals surface area contributed by atoms with E-state index in [4.69, 9.17) is 5.11 Å². The van der Waals surface area contributed by atoms with Gasteiger partial charge in [-0.15, -0.1) is 0 Å². The second kappa shape index (κ2) is 4.14. The summed E-state index contributed by atoms with van der Waals surface area (Å²) in [6.07, 6.45) is 1.56. The van der Waals surface area contributed by atoms with E-state index in [1.165, 1.54) is 6.07 Å². The first-order chi connectivity index (χ1) is 7.15. The van der Waals surface area contributed by atoms with Crippen molar-refractivity contribution in [2.75, 3.05) is 18.5 Å². The van der Waals surface area contributed by atoms with Gasteiger partial charge in [0, 0.05) is 13.6 Å². The van der Waals surface area contributed by atoms with Crippen LogP contribution < -0.4 is 4.90 Å². The van der Waals surface area contributed by atoms with Crippen molar-refractivity contribution in [3.63, 3.8) is 0 Å². The summed E-state index contributed by atoms with van der Waals surface area (Å²) >= 11 is 0. The van der Waals surface area contributed by atoms with Crippen LogP contribution in [0, 0.1) is 11.9 Å². The van der Waals surface area contributed by atoms with Crippen molar-refractivity contribution in [1.82, 2.24) is 4.98 Å². The van der Waals surface area contributed by atoms with Gasteiger partial charge >= 0.3 is 0 Å². The molecule has 3 nitrogen and oxygen atoms in total. The molecule has 1 N–H and O–H groups in total. The lowest BCUT2D eigenvalue weighted by molar-refractivity contribution is 0.0464. The number of aliphatic hydroxyl groups is 1. The summed E-state index contributed by atoms with van der Waals surface area (Å²) in [5, 5.41) is 9.15. The van der Waals surface area contributed by atoms with E-state index in [1.807, 2.05) is 11.9 Å². The van der Waals surface area contributed by atoms with E-state index in [9.17, 15) is 4.39 Å². The second-order valence-electron chi connectivity index (χ2n) is 4.19. The summed E-state index contributed by atoms with van der Waals surface area (Å²) in [6.45, 7) is 0.827. The molecule has 4 heteroatoms. The molecule has 0 bridgehead atoms. The first-order valence-corrected chi connectivity index (χ1v) is 5.17. The highest BCUT2D eigenvalue weighted by atomic mass is 19.1. The molecular formula is C11H15FN2O. The molecule has 0 saturated heterocycles. The van der Waals surface area contributed by atoms with Gasteiger partial charge in [-0.2, -0.15) is 4.39 Å². The molecule has 1 heterocycles. The van der Waals surface area contributed by atoms with Crippen molar-refractivity contribution in [2.45, 2.75) is 18.9 Å². The van der Waals surface area contributed by atoms with Gasteiger partial charge in [0.1, 0.15) is 5.82 Å². The van der Waals surface area contributed by atoms with Crippen molar-refractivity contribution in [1.29, 1.82) is 0 Å². The third-order valence-corrected chi connectivity index (χ3v) is 2.83. The smallest absolute Gasteiger partial charge is 0.214 e. The Kier molecular flexibility index (Phi) is 2.86. The van der Waals surface area contributed by atoms with Crippen LogP contribution in [-0.2, 0) is 0 Å². The zero-order valence-corrected chi connectivity index (χ0v) is 8.73. The third-order valence-electron chi connectivity index (χ3n) is 2.83. The fraction of sp³-hybridized carbons (Fsp3) is 0.545. The summed E-state index contributed by atoms with van der Waals surface area (Å²) in [5.74, 6) is 0.708. The Bertz CT molecular complexity index is 339. The quantitative estimate of drug-likeness (QED) is 0.767. The molecule has 1 saturated carbocycles. The van der Waals surface area contributed by atoms with E-state index < -0.39 is 5.95 Å². The number of anilines is 1. The summed E-state index contributed by atoms with van der Waals surface area (Å²) < 4.78 is 12.8. The minimum atomic E-state index is -0.451. The fourth-order valence-corrected chi connectivity index (χ4v) is 1.94. The monoisotopic (exact) mass is 210 g/mol. The van der Waals surface area contributed by atoms with Gasteiger partial charge in [0.2, 0.25) is 5.95 Å². The lowest BCUT2D eigenvalue weighted by Crippen LogP contribution is -2.37. The Hall–Kier alpha value is -1.16. The van der Waals surface area contributed by atoms with Crippen LogP contribution >= 0.6 is 0 Å². The Morgan fingerprint density at radius 1 is 1.53 bits per heavy atom. The molecule has 1 aliphatic rings. The van der Waals surface area contributed by atoms with Gasteiger partial charge in [-0.25, -0.2) is 4.98 Å². The predicted octanol–water partition coefficient (Wildman–Crippen LogP) is 1.43. The van der Waals surface area contributed by atoms with Crippen LogP contribution in [0.4, 0.5) is 10.2 Å². The van der Waals surface area contributed by atoms with Crippen LogP contribution in [0.2, 0.25) is 0 Å². The number of halogens is 1. The molecule has 0 spiro atoms. The van der Waals surface area contributed by atoms with E-state index >= 15 is 0 Å².